The highest BCUT2D eigenvalue weighted by Crippen LogP contribution is 2.53. The number of carboxylic acids is 1. The van der Waals surface area contributed by atoms with E-state index >= 15 is 0 Å². The summed E-state index contributed by atoms with van der Waals surface area (Å²) in [5.74, 6) is -2.52. The summed E-state index contributed by atoms with van der Waals surface area (Å²) in [5, 5.41) is 8.99. The molecule has 4 nitrogen and oxygen atoms in total. The number of carbonyl (C=O) groups is 2. The average Bonchev–Trinajstić information content (AvgIpc) is 2.96. The van der Waals surface area contributed by atoms with E-state index in [1.165, 1.54) is 6.07 Å². The quantitative estimate of drug-likeness (QED) is 0.776. The first-order valence-electron chi connectivity index (χ1n) is 4.81. The van der Waals surface area contributed by atoms with E-state index in [1.807, 2.05) is 0 Å². The first kappa shape index (κ1) is 9.33. The summed E-state index contributed by atoms with van der Waals surface area (Å²) in [5.41, 5.74) is -1.26. The third-order valence-corrected chi connectivity index (χ3v) is 3.09. The molecule has 16 heavy (non-hydrogen) atoms. The number of rotatable bonds is 1. The number of carbonyl (C=O) groups excluding carboxylic acids is 1. The number of ether oxygens (including phenoxy) is 1. The number of halogens is 1. The van der Waals surface area contributed by atoms with E-state index in [0.717, 1.165) is 12.1 Å². The zero-order valence-electron chi connectivity index (χ0n) is 8.07. The number of hydrogen-bond acceptors (Lipinski definition) is 3. The van der Waals surface area contributed by atoms with Gasteiger partial charge in [-0.25, -0.2) is 9.18 Å². The van der Waals surface area contributed by atoms with Crippen molar-refractivity contribution in [2.24, 2.45) is 5.92 Å². The Balaban J connectivity index is 2.11. The number of ketones is 1. The van der Waals surface area contributed by atoms with Gasteiger partial charge in [-0.2, -0.15) is 0 Å². The Kier molecular flexibility index (Phi) is 1.52. The predicted octanol–water partition coefficient (Wildman–Crippen LogP) is 1.24. The number of hydrogen-bond donors (Lipinski definition) is 1. The predicted molar refractivity (Wildman–Crippen MR) is 49.8 cm³/mol. The minimum atomic E-state index is -1.40. The molecular formula is C11H7FO4. The van der Waals surface area contributed by atoms with Gasteiger partial charge in [0.2, 0.25) is 5.60 Å². The largest absolute Gasteiger partial charge is 0.478 e. The van der Waals surface area contributed by atoms with E-state index in [4.69, 9.17) is 9.84 Å². The van der Waals surface area contributed by atoms with Crippen molar-refractivity contribution < 1.29 is 23.8 Å². The van der Waals surface area contributed by atoms with Crippen LogP contribution in [0.2, 0.25) is 0 Å². The molecule has 0 unspecified atom stereocenters. The summed E-state index contributed by atoms with van der Waals surface area (Å²) in [7, 11) is 0. The second kappa shape index (κ2) is 2.61. The van der Waals surface area contributed by atoms with Gasteiger partial charge in [-0.15, -0.1) is 0 Å². The van der Waals surface area contributed by atoms with E-state index in [1.54, 1.807) is 0 Å². The summed E-state index contributed by atoms with van der Waals surface area (Å²) < 4.78 is 18.2. The molecule has 1 heterocycles. The third-order valence-electron chi connectivity index (χ3n) is 3.09. The highest BCUT2D eigenvalue weighted by molar-refractivity contribution is 6.09. The zero-order valence-corrected chi connectivity index (χ0v) is 8.07. The van der Waals surface area contributed by atoms with Crippen LogP contribution in [0.1, 0.15) is 16.8 Å². The van der Waals surface area contributed by atoms with Gasteiger partial charge in [0, 0.05) is 6.42 Å². The van der Waals surface area contributed by atoms with E-state index in [2.05, 4.69) is 0 Å². The maximum Gasteiger partial charge on any atom is 0.348 e. The minimum absolute atomic E-state index is 0.138. The fourth-order valence-corrected chi connectivity index (χ4v) is 2.11. The van der Waals surface area contributed by atoms with Gasteiger partial charge in [0.05, 0.1) is 11.5 Å². The lowest BCUT2D eigenvalue weighted by Gasteiger charge is -2.21. The van der Waals surface area contributed by atoms with E-state index in [9.17, 15) is 14.0 Å². The molecule has 1 saturated carbocycles. The van der Waals surface area contributed by atoms with Crippen molar-refractivity contribution in [1.82, 2.24) is 0 Å². The maximum absolute atomic E-state index is 12.9. The molecule has 1 aliphatic heterocycles. The maximum atomic E-state index is 12.9. The fraction of sp³-hybridized carbons (Fsp3) is 0.273. The monoisotopic (exact) mass is 222 g/mol. The lowest BCUT2D eigenvalue weighted by atomic mass is 10.0. The lowest BCUT2D eigenvalue weighted by Crippen LogP contribution is -2.37. The molecular weight excluding hydrogens is 215 g/mol. The smallest absolute Gasteiger partial charge is 0.348 e. The highest BCUT2D eigenvalue weighted by atomic mass is 19.1. The van der Waals surface area contributed by atoms with Gasteiger partial charge in [0.1, 0.15) is 11.6 Å². The molecule has 2 atom stereocenters. The van der Waals surface area contributed by atoms with Crippen LogP contribution in [0.3, 0.4) is 0 Å². The molecule has 0 radical (unpaired) electrons. The summed E-state index contributed by atoms with van der Waals surface area (Å²) in [6.07, 6.45) is 0.164. The minimum Gasteiger partial charge on any atom is -0.478 e. The fourth-order valence-electron chi connectivity index (χ4n) is 2.11. The first-order valence-corrected chi connectivity index (χ1v) is 4.81. The van der Waals surface area contributed by atoms with Gasteiger partial charge in [0.15, 0.2) is 5.78 Å². The standard InChI is InChI=1S/C11H7FO4/c12-5-1-2-8-6(3-5)9(13)7-4-11(7,16-8)10(14)15/h1-3,7H,4H2,(H,14,15)/t7-,11+/m0/s1. The molecule has 3 rings (SSSR count). The van der Waals surface area contributed by atoms with Gasteiger partial charge in [-0.1, -0.05) is 0 Å². The molecule has 1 N–H and O–H groups in total. The average molecular weight is 222 g/mol. The van der Waals surface area contributed by atoms with E-state index < -0.39 is 23.3 Å². The lowest BCUT2D eigenvalue weighted by molar-refractivity contribution is -0.148. The number of carboxylic acid groups (broad SMARTS) is 1. The Morgan fingerprint density at radius 1 is 1.56 bits per heavy atom. The van der Waals surface area contributed by atoms with Crippen molar-refractivity contribution in [1.29, 1.82) is 0 Å². The Labute approximate surface area is 89.6 Å². The van der Waals surface area contributed by atoms with Crippen molar-refractivity contribution >= 4 is 11.8 Å². The molecule has 2 aliphatic rings. The Hall–Kier alpha value is -1.91. The number of fused-ring (bicyclic) bond motifs is 2. The molecule has 5 heteroatoms. The number of aliphatic carboxylic acids is 1. The van der Waals surface area contributed by atoms with Crippen molar-refractivity contribution in [2.75, 3.05) is 0 Å². The molecule has 82 valence electrons. The molecule has 0 saturated heterocycles. The Morgan fingerprint density at radius 2 is 2.31 bits per heavy atom. The van der Waals surface area contributed by atoms with Crippen molar-refractivity contribution in [3.05, 3.63) is 29.6 Å². The van der Waals surface area contributed by atoms with Gasteiger partial charge >= 0.3 is 5.97 Å². The molecule has 0 amide bonds. The second-order valence-electron chi connectivity index (χ2n) is 4.06. The molecule has 0 bridgehead atoms. The summed E-state index contributed by atoms with van der Waals surface area (Å²) in [6, 6.07) is 3.52. The molecule has 1 fully saturated rings. The molecule has 1 aromatic rings. The van der Waals surface area contributed by atoms with Gasteiger partial charge in [0.25, 0.3) is 0 Å². The van der Waals surface area contributed by atoms with Gasteiger partial charge in [-0.3, -0.25) is 4.79 Å². The normalized spacial score (nSPS) is 30.1. The van der Waals surface area contributed by atoms with Crippen LogP contribution in [0.5, 0.6) is 5.75 Å². The van der Waals surface area contributed by atoms with Crippen LogP contribution in [-0.2, 0) is 4.79 Å². The summed E-state index contributed by atoms with van der Waals surface area (Å²) in [6.45, 7) is 0. The first-order chi connectivity index (χ1) is 7.54. The van der Waals surface area contributed by atoms with Crippen LogP contribution < -0.4 is 4.74 Å². The van der Waals surface area contributed by atoms with Crippen LogP contribution in [0.25, 0.3) is 0 Å². The molecule has 1 aromatic carbocycles. The van der Waals surface area contributed by atoms with Crippen LogP contribution in [-0.4, -0.2) is 22.5 Å². The summed E-state index contributed by atoms with van der Waals surface area (Å²) in [4.78, 5) is 22.8. The van der Waals surface area contributed by atoms with Crippen molar-refractivity contribution in [2.45, 2.75) is 12.0 Å². The van der Waals surface area contributed by atoms with Crippen molar-refractivity contribution in [3.63, 3.8) is 0 Å². The SMILES string of the molecule is O=C1c2cc(F)ccc2O[C@]2(C(=O)O)C[C@@H]12. The third kappa shape index (κ3) is 0.973. The van der Waals surface area contributed by atoms with Crippen molar-refractivity contribution in [3.8, 4) is 5.75 Å². The van der Waals surface area contributed by atoms with Crippen LogP contribution in [0, 0.1) is 11.7 Å². The van der Waals surface area contributed by atoms with Crippen LogP contribution in [0.4, 0.5) is 4.39 Å². The van der Waals surface area contributed by atoms with E-state index in [0.29, 0.717) is 0 Å². The molecule has 0 aromatic heterocycles. The van der Waals surface area contributed by atoms with Gasteiger partial charge < -0.3 is 9.84 Å². The highest BCUT2D eigenvalue weighted by Gasteiger charge is 2.69. The Morgan fingerprint density at radius 3 is 3.00 bits per heavy atom. The number of Topliss-reactive ketones (excluding diaryl/α,β-unsaturated/α-hetero) is 1. The van der Waals surface area contributed by atoms with Gasteiger partial charge in [-0.05, 0) is 18.2 Å². The molecule has 0 spiro atoms. The Bertz CT molecular complexity index is 525. The topological polar surface area (TPSA) is 63.6 Å². The second-order valence-corrected chi connectivity index (χ2v) is 4.06. The summed E-state index contributed by atoms with van der Waals surface area (Å²) >= 11 is 0. The van der Waals surface area contributed by atoms with E-state index in [-0.39, 0.29) is 23.5 Å². The molecule has 1 aliphatic carbocycles. The number of benzene rings is 1. The zero-order chi connectivity index (χ0) is 11.5. The van der Waals surface area contributed by atoms with Crippen LogP contribution >= 0.6 is 0 Å². The van der Waals surface area contributed by atoms with Crippen LogP contribution in [0.15, 0.2) is 18.2 Å².